The van der Waals surface area contributed by atoms with E-state index in [4.69, 9.17) is 5.11 Å². The minimum absolute atomic E-state index is 0.0254. The molecule has 1 saturated heterocycles. The van der Waals surface area contributed by atoms with Crippen molar-refractivity contribution in [2.75, 3.05) is 17.6 Å². The maximum Gasteiger partial charge on any atom is 0.356 e. The lowest BCUT2D eigenvalue weighted by atomic mass is 10.2. The molecule has 2 rings (SSSR count). The zero-order valence-corrected chi connectivity index (χ0v) is 10.2. The van der Waals surface area contributed by atoms with Crippen LogP contribution in [0.4, 0.5) is 5.82 Å². The summed E-state index contributed by atoms with van der Waals surface area (Å²) in [6.45, 7) is 0.867. The summed E-state index contributed by atoms with van der Waals surface area (Å²) in [4.78, 5) is 18.4. The van der Waals surface area contributed by atoms with Crippen molar-refractivity contribution in [3.05, 3.63) is 18.1 Å². The zero-order chi connectivity index (χ0) is 12.1. The number of thioether (sulfide) groups is 1. The molecule has 2 N–H and O–H groups in total. The van der Waals surface area contributed by atoms with Crippen molar-refractivity contribution in [3.8, 4) is 0 Å². The van der Waals surface area contributed by atoms with Gasteiger partial charge in [0.1, 0.15) is 5.82 Å². The van der Waals surface area contributed by atoms with Gasteiger partial charge < -0.3 is 10.4 Å². The molecule has 6 heteroatoms. The number of aromatic nitrogens is 2. The van der Waals surface area contributed by atoms with Gasteiger partial charge in [0, 0.05) is 11.8 Å². The number of hydrogen-bond donors (Lipinski definition) is 2. The molecule has 1 aliphatic heterocycles. The Kier molecular flexibility index (Phi) is 4.19. The maximum absolute atomic E-state index is 10.6. The van der Waals surface area contributed by atoms with Gasteiger partial charge >= 0.3 is 5.97 Å². The Bertz CT molecular complexity index is 377. The first kappa shape index (κ1) is 12.2. The molecule has 5 nitrogen and oxygen atoms in total. The quantitative estimate of drug-likeness (QED) is 0.853. The van der Waals surface area contributed by atoms with Crippen LogP contribution in [0.25, 0.3) is 0 Å². The molecule has 2 heterocycles. The number of rotatable bonds is 4. The topological polar surface area (TPSA) is 75.1 Å². The van der Waals surface area contributed by atoms with Gasteiger partial charge in [-0.05, 0) is 18.6 Å². The predicted octanol–water partition coefficient (Wildman–Crippen LogP) is 1.87. The molecular weight excluding hydrogens is 238 g/mol. The highest BCUT2D eigenvalue weighted by atomic mass is 32.2. The van der Waals surface area contributed by atoms with E-state index in [1.165, 1.54) is 37.4 Å². The summed E-state index contributed by atoms with van der Waals surface area (Å²) in [5.74, 6) is 0.823. The first-order valence-electron chi connectivity index (χ1n) is 5.66. The number of nitrogens with one attached hydrogen (secondary N) is 1. The van der Waals surface area contributed by atoms with Crippen molar-refractivity contribution in [1.82, 2.24) is 9.97 Å². The summed E-state index contributed by atoms with van der Waals surface area (Å²) >= 11 is 1.99. The number of anilines is 1. The average molecular weight is 253 g/mol. The van der Waals surface area contributed by atoms with Crippen LogP contribution >= 0.6 is 11.8 Å². The Balaban J connectivity index is 1.84. The third-order valence-corrected chi connectivity index (χ3v) is 4.05. The largest absolute Gasteiger partial charge is 0.476 e. The van der Waals surface area contributed by atoms with Gasteiger partial charge in [-0.3, -0.25) is 0 Å². The second-order valence-corrected chi connectivity index (χ2v) is 5.37. The third kappa shape index (κ3) is 3.59. The summed E-state index contributed by atoms with van der Waals surface area (Å²) in [5.41, 5.74) is -0.0254. The molecule has 0 aliphatic carbocycles. The van der Waals surface area contributed by atoms with Crippen LogP contribution in [0, 0.1) is 0 Å². The minimum Gasteiger partial charge on any atom is -0.476 e. The van der Waals surface area contributed by atoms with Gasteiger partial charge in [-0.1, -0.05) is 6.42 Å². The maximum atomic E-state index is 10.6. The van der Waals surface area contributed by atoms with Crippen LogP contribution in [0.5, 0.6) is 0 Å². The van der Waals surface area contributed by atoms with Crippen LogP contribution in [0.1, 0.15) is 29.8 Å². The molecule has 0 radical (unpaired) electrons. The Morgan fingerprint density at radius 3 is 2.94 bits per heavy atom. The molecule has 1 fully saturated rings. The van der Waals surface area contributed by atoms with E-state index in [0.717, 1.165) is 6.54 Å². The fourth-order valence-corrected chi connectivity index (χ4v) is 2.96. The molecule has 1 aromatic heterocycles. The molecule has 0 amide bonds. The molecule has 0 saturated carbocycles. The normalized spacial score (nSPS) is 19.9. The highest BCUT2D eigenvalue weighted by molar-refractivity contribution is 7.99. The molecule has 92 valence electrons. The smallest absolute Gasteiger partial charge is 0.356 e. The molecule has 0 bridgehead atoms. The van der Waals surface area contributed by atoms with E-state index in [0.29, 0.717) is 11.1 Å². The van der Waals surface area contributed by atoms with Gasteiger partial charge in [0.2, 0.25) is 0 Å². The molecule has 1 aromatic rings. The first-order valence-corrected chi connectivity index (χ1v) is 6.71. The Morgan fingerprint density at radius 1 is 1.47 bits per heavy atom. The van der Waals surface area contributed by atoms with Crippen molar-refractivity contribution in [2.24, 2.45) is 0 Å². The Hall–Kier alpha value is -1.30. The first-order chi connectivity index (χ1) is 8.25. The predicted molar refractivity (Wildman–Crippen MR) is 67.6 cm³/mol. The highest BCUT2D eigenvalue weighted by Crippen LogP contribution is 2.24. The fourth-order valence-electron chi connectivity index (χ4n) is 1.72. The van der Waals surface area contributed by atoms with Crippen LogP contribution in [0.3, 0.4) is 0 Å². The third-order valence-electron chi connectivity index (χ3n) is 2.66. The lowest BCUT2D eigenvalue weighted by molar-refractivity contribution is 0.0690. The summed E-state index contributed by atoms with van der Waals surface area (Å²) in [6.07, 6.45) is 6.59. The van der Waals surface area contributed by atoms with Gasteiger partial charge in [0.25, 0.3) is 0 Å². The van der Waals surface area contributed by atoms with Gasteiger partial charge in [0.15, 0.2) is 5.69 Å². The molecule has 1 aliphatic rings. The number of carboxylic acid groups (broad SMARTS) is 1. The lowest BCUT2D eigenvalue weighted by Crippen LogP contribution is -2.20. The monoisotopic (exact) mass is 253 g/mol. The average Bonchev–Trinajstić information content (AvgIpc) is 2.38. The van der Waals surface area contributed by atoms with E-state index in [1.54, 1.807) is 0 Å². The van der Waals surface area contributed by atoms with Gasteiger partial charge in [-0.2, -0.15) is 11.8 Å². The van der Waals surface area contributed by atoms with E-state index in [1.807, 2.05) is 11.8 Å². The van der Waals surface area contributed by atoms with Crippen LogP contribution in [0.15, 0.2) is 12.4 Å². The number of aromatic carboxylic acids is 1. The second kappa shape index (κ2) is 5.86. The van der Waals surface area contributed by atoms with Crippen LogP contribution in [0.2, 0.25) is 0 Å². The summed E-state index contributed by atoms with van der Waals surface area (Å²) in [7, 11) is 0. The van der Waals surface area contributed by atoms with Crippen molar-refractivity contribution in [1.29, 1.82) is 0 Å². The SMILES string of the molecule is O=C(O)c1cnc(NCC2CCCCS2)cn1. The van der Waals surface area contributed by atoms with Crippen molar-refractivity contribution in [2.45, 2.75) is 24.5 Å². The summed E-state index contributed by atoms with van der Waals surface area (Å²) in [6, 6.07) is 0. The van der Waals surface area contributed by atoms with E-state index in [-0.39, 0.29) is 5.69 Å². The number of carbonyl (C=O) groups is 1. The van der Waals surface area contributed by atoms with Crippen LogP contribution in [-0.4, -0.2) is 38.6 Å². The molecule has 0 spiro atoms. The summed E-state index contributed by atoms with van der Waals surface area (Å²) in [5, 5.41) is 12.5. The van der Waals surface area contributed by atoms with E-state index < -0.39 is 5.97 Å². The van der Waals surface area contributed by atoms with Crippen molar-refractivity contribution >= 4 is 23.5 Å². The lowest BCUT2D eigenvalue weighted by Gasteiger charge is -2.21. The van der Waals surface area contributed by atoms with Crippen molar-refractivity contribution in [3.63, 3.8) is 0 Å². The van der Waals surface area contributed by atoms with Crippen LogP contribution < -0.4 is 5.32 Å². The molecule has 17 heavy (non-hydrogen) atoms. The zero-order valence-electron chi connectivity index (χ0n) is 9.43. The Morgan fingerprint density at radius 2 is 2.35 bits per heavy atom. The Labute approximate surface area is 104 Å². The molecule has 1 atom stereocenters. The fraction of sp³-hybridized carbons (Fsp3) is 0.545. The van der Waals surface area contributed by atoms with Crippen LogP contribution in [-0.2, 0) is 0 Å². The van der Waals surface area contributed by atoms with E-state index >= 15 is 0 Å². The highest BCUT2D eigenvalue weighted by Gasteiger charge is 2.13. The number of nitrogens with zero attached hydrogens (tertiary/aromatic N) is 2. The molecular formula is C11H15N3O2S. The van der Waals surface area contributed by atoms with Crippen molar-refractivity contribution < 1.29 is 9.90 Å². The van der Waals surface area contributed by atoms with Gasteiger partial charge in [-0.15, -0.1) is 0 Å². The summed E-state index contributed by atoms with van der Waals surface area (Å²) < 4.78 is 0. The van der Waals surface area contributed by atoms with E-state index in [2.05, 4.69) is 15.3 Å². The second-order valence-electron chi connectivity index (χ2n) is 3.96. The van der Waals surface area contributed by atoms with Gasteiger partial charge in [0.05, 0.1) is 12.4 Å². The standard InChI is InChI=1S/C11H15N3O2S/c15-11(16)9-6-14-10(7-12-9)13-5-8-3-1-2-4-17-8/h6-8H,1-5H2,(H,13,14)(H,15,16). The number of hydrogen-bond acceptors (Lipinski definition) is 5. The minimum atomic E-state index is -1.05. The van der Waals surface area contributed by atoms with Gasteiger partial charge in [-0.25, -0.2) is 14.8 Å². The number of carboxylic acids is 1. The van der Waals surface area contributed by atoms with E-state index in [9.17, 15) is 4.79 Å². The molecule has 1 unspecified atom stereocenters. The molecule has 0 aromatic carbocycles.